The molecule has 6 aliphatic rings. The molecule has 138 heavy (non-hydrogen) atoms. The van der Waals surface area contributed by atoms with Gasteiger partial charge in [0.25, 0.3) is 17.7 Å². The molecule has 17 N–H and O–H groups in total. The summed E-state index contributed by atoms with van der Waals surface area (Å²) in [5.41, 5.74) is 17.3. The van der Waals surface area contributed by atoms with E-state index in [9.17, 15) is 92.0 Å². The summed E-state index contributed by atoms with van der Waals surface area (Å²) in [6, 6.07) is 0. The average Bonchev–Trinajstić information content (AvgIpc) is 1.24. The quantitative estimate of drug-likeness (QED) is 0.0208. The smallest absolute Gasteiger partial charge is 0.480 e. The van der Waals surface area contributed by atoms with Crippen LogP contribution >= 0.6 is 0 Å². The standard InChI is InChI=1S/C61H82N6O19.C30H43N3O9.C5H9NO4/c1-31-23-39-49(43(68)29-41(53(39)72)66-57(74)33(3)15-13-17-45(79-9)55(85-59(62)76)37(7)27-35(5)51(70)47(25-31)81-11)64-19-21-83-61(78)84-22-20-65-50-40-24-32(2)26-48(82-12)52(71)36(6)28-38(8)56(86-60(63)77)46(80-10)18-14-16-34(4)58(75)67-42(54(40)73)30-44(50)69;1-16-12-20-25(32-10-11-34)22(35)15-21(27(20)37)33-29(38)17(2)8-7-9-23(40-5)28(42-30(31)39)19(4)14-18(3)26(36)24(13-16)41-6;1-6(2-4(7)8)3-5(9)10/h13-18,27-32,35-36,45-48,51,55-56,64-65,70H,19-26H2,1-12H3,(H2,62,76)(H2,63,77)(H,66,74)(H,67,75);7-9,14-16,18,23-24,26,28,32,34,36H,10-13H2,1-6H3,(H2,31,39)(H,33,38);2-3H2,1H3,(H,7,8)(H,9,10)/b17-13-,18-14-,33-15+,34-16+,37-27+,38-28+;9-7-,17-8+,19-14+;. The number of methoxy groups -OCH3 is 6. The zero-order valence-corrected chi connectivity index (χ0v) is 81.3. The van der Waals surface area contributed by atoms with Gasteiger partial charge >= 0.3 is 36.4 Å². The molecule has 0 fully saturated rings. The lowest BCUT2D eigenvalue weighted by atomic mass is 9.85. The van der Waals surface area contributed by atoms with E-state index in [1.165, 1.54) is 124 Å². The fourth-order valence-corrected chi connectivity index (χ4v) is 15.5. The number of carbonyl (C=O) groups is 16. The summed E-state index contributed by atoms with van der Waals surface area (Å²) in [4.78, 5) is 206. The number of ether oxygens (including phenoxy) is 11. The number of nitrogens with two attached hydrogens (primary N) is 3. The largest absolute Gasteiger partial charge is 0.508 e. The van der Waals surface area contributed by atoms with E-state index >= 15 is 0 Å². The molecule has 3 aliphatic carbocycles. The van der Waals surface area contributed by atoms with E-state index in [-0.39, 0.29) is 164 Å². The van der Waals surface area contributed by atoms with Crippen LogP contribution < -0.4 is 49.1 Å². The number of amides is 6. The van der Waals surface area contributed by atoms with E-state index in [1.54, 1.807) is 79.7 Å². The molecule has 42 nitrogen and oxygen atoms in total. The van der Waals surface area contributed by atoms with Crippen LogP contribution in [-0.2, 0) is 110 Å². The van der Waals surface area contributed by atoms with Gasteiger partial charge in [-0.1, -0.05) is 114 Å². The van der Waals surface area contributed by atoms with E-state index in [0.717, 1.165) is 18.2 Å². The van der Waals surface area contributed by atoms with E-state index < -0.39 is 186 Å². The van der Waals surface area contributed by atoms with Crippen molar-refractivity contribution in [1.29, 1.82) is 0 Å². The number of allylic oxidation sites excluding steroid dienone is 13. The number of likely N-dealkylation sites (N-methyl/N-ethyl adjacent to an activating group) is 1. The third-order valence-corrected chi connectivity index (χ3v) is 22.6. The van der Waals surface area contributed by atoms with Crippen LogP contribution in [-0.4, -0.2) is 294 Å². The van der Waals surface area contributed by atoms with Crippen LogP contribution in [0.5, 0.6) is 0 Å². The van der Waals surface area contributed by atoms with E-state index in [1.807, 2.05) is 6.92 Å². The molecular formula is C96H134N10O32. The van der Waals surface area contributed by atoms with Gasteiger partial charge in [0.1, 0.15) is 37.6 Å². The molecule has 0 aromatic rings. The Hall–Kier alpha value is -12.8. The molecule has 0 spiro atoms. The number of primary amides is 3. The van der Waals surface area contributed by atoms with Crippen molar-refractivity contribution in [2.24, 2.45) is 52.7 Å². The van der Waals surface area contributed by atoms with Gasteiger partial charge in [0.05, 0.1) is 78.3 Å². The number of fused-ring (bicyclic) bond motifs is 6. The number of nitrogens with zero attached hydrogens (tertiary/aromatic N) is 1. The second kappa shape index (κ2) is 58.1. The summed E-state index contributed by atoms with van der Waals surface area (Å²) < 4.78 is 60.4. The Kier molecular flexibility index (Phi) is 49.5. The third-order valence-electron chi connectivity index (χ3n) is 22.6. The van der Waals surface area contributed by atoms with Gasteiger partial charge in [-0.05, 0) is 122 Å². The van der Waals surface area contributed by atoms with Gasteiger partial charge in [0.2, 0.25) is 34.7 Å². The maximum atomic E-state index is 14.2. The third kappa shape index (κ3) is 36.9. The Morgan fingerprint density at radius 2 is 0.746 bits per heavy atom. The fraction of sp³-hybridized carbons (Fsp3) is 0.521. The Labute approximate surface area is 801 Å². The Bertz CT molecular complexity index is 4940. The van der Waals surface area contributed by atoms with E-state index in [0.29, 0.717) is 23.1 Å². The van der Waals surface area contributed by atoms with Crippen LogP contribution in [0.1, 0.15) is 122 Å². The Morgan fingerprint density at radius 3 is 1.03 bits per heavy atom. The van der Waals surface area contributed by atoms with Crippen LogP contribution in [0.4, 0.5) is 19.2 Å². The molecular weight excluding hydrogens is 1810 g/mol. The molecule has 6 amide bonds. The van der Waals surface area contributed by atoms with Crippen LogP contribution in [0.2, 0.25) is 0 Å². The van der Waals surface area contributed by atoms with Crippen molar-refractivity contribution in [3.8, 4) is 0 Å². The van der Waals surface area contributed by atoms with E-state index in [4.69, 9.17) is 79.5 Å². The molecule has 42 heteroatoms. The van der Waals surface area contributed by atoms with Gasteiger partial charge in [-0.25, -0.2) is 19.2 Å². The zero-order valence-electron chi connectivity index (χ0n) is 81.3. The molecule has 0 saturated heterocycles. The molecule has 17 atom stereocenters. The Morgan fingerprint density at radius 1 is 0.442 bits per heavy atom. The number of nitrogens with one attached hydrogen (secondary N) is 6. The number of carboxylic acids is 2. The SMILES string of the molecule is CN(CC(=O)O)CC(=O)O.COC1/C=C\C=C(/C)C(=O)NC2=CC(=O)C(NCCO)=C(CC(C)CC(OC)C(O)C(C)/C=C(\C)C1OC(N)=O)C2=O.COC1CC(C)CC2=C(NCCOC(=O)OCCNC3=C4CC(C)CC(OC)C(O)C(C)/C=C(\C)C(OC(N)=O)C(OC)/C=C\C=C(/C)C(=O)NC(=CC3=O)C4=O)C(=O)C=C(NC(=O)/C(C)=C/C=C\C(OC)C(OC(N)=O)/C(C)=C/C(C)C1=O)C2=O. The first-order valence-electron chi connectivity index (χ1n) is 44.4. The van der Waals surface area contributed by atoms with Crippen molar-refractivity contribution >= 4 is 94.6 Å². The molecule has 6 bridgehead atoms. The lowest BCUT2D eigenvalue weighted by molar-refractivity contribution is -0.141. The normalized spacial score (nSPS) is 29.4. The molecule has 3 heterocycles. The molecule has 760 valence electrons. The van der Waals surface area contributed by atoms with Crippen molar-refractivity contribution in [3.05, 3.63) is 175 Å². The lowest BCUT2D eigenvalue weighted by Crippen LogP contribution is -2.38. The number of carboxylic acid groups (broad SMARTS) is 2. The van der Waals surface area contributed by atoms with Crippen LogP contribution in [0, 0.1) is 35.5 Å². The van der Waals surface area contributed by atoms with Gasteiger partial charge in [-0.15, -0.1) is 0 Å². The number of hydrogen-bond donors (Lipinski definition) is 14. The number of hydrogen-bond acceptors (Lipinski definition) is 34. The summed E-state index contributed by atoms with van der Waals surface area (Å²) in [7, 11) is 9.87. The van der Waals surface area contributed by atoms with Crippen LogP contribution in [0.25, 0.3) is 0 Å². The molecule has 0 radical (unpaired) electrons. The minimum atomic E-state index is -1.14. The minimum Gasteiger partial charge on any atom is -0.480 e. The average molecular weight is 1940 g/mol. The van der Waals surface area contributed by atoms with Crippen molar-refractivity contribution in [3.63, 3.8) is 0 Å². The molecule has 6 rings (SSSR count). The minimum absolute atomic E-state index is 0.00750. The maximum absolute atomic E-state index is 14.2. The monoisotopic (exact) mass is 1940 g/mol. The highest BCUT2D eigenvalue weighted by molar-refractivity contribution is 6.25. The van der Waals surface area contributed by atoms with Crippen LogP contribution in [0.3, 0.4) is 0 Å². The number of ketones is 7. The van der Waals surface area contributed by atoms with E-state index in [2.05, 4.69) is 31.9 Å². The van der Waals surface area contributed by atoms with Crippen molar-refractivity contribution < 1.29 is 154 Å². The number of aliphatic hydroxyl groups excluding tert-OH is 3. The molecule has 17 unspecified atom stereocenters. The summed E-state index contributed by atoms with van der Waals surface area (Å²) in [5, 5.41) is 64.5. The zero-order chi connectivity index (χ0) is 104. The predicted octanol–water partition coefficient (Wildman–Crippen LogP) is 4.51. The summed E-state index contributed by atoms with van der Waals surface area (Å²) in [6.07, 6.45) is 7.76. The highest BCUT2D eigenvalue weighted by Crippen LogP contribution is 2.34. The van der Waals surface area contributed by atoms with Crippen molar-refractivity contribution in [2.45, 2.75) is 189 Å². The number of aliphatic hydroxyl groups is 3. The second-order valence-corrected chi connectivity index (χ2v) is 34.0. The predicted molar refractivity (Wildman–Crippen MR) is 499 cm³/mol. The number of Topliss-reactive ketones (excluding diaryl/α,β-unsaturated/α-hetero) is 4. The number of carbonyl (C=O) groups excluding carboxylic acids is 14. The lowest BCUT2D eigenvalue weighted by Gasteiger charge is -2.30. The highest BCUT2D eigenvalue weighted by atomic mass is 16.7. The first kappa shape index (κ1) is 118. The first-order chi connectivity index (χ1) is 65.0. The summed E-state index contributed by atoms with van der Waals surface area (Å²) >= 11 is 0. The Balaban J connectivity index is 0.000000629. The van der Waals surface area contributed by atoms with Gasteiger partial charge in [-0.3, -0.25) is 62.4 Å². The van der Waals surface area contributed by atoms with Crippen LogP contribution in [0.15, 0.2) is 175 Å². The number of rotatable bonds is 24. The van der Waals surface area contributed by atoms with Crippen molar-refractivity contribution in [2.75, 3.05) is 102 Å². The molecule has 0 saturated carbocycles. The van der Waals surface area contributed by atoms with Gasteiger partial charge in [0.15, 0.2) is 24.1 Å². The highest BCUT2D eigenvalue weighted by Gasteiger charge is 2.40. The summed E-state index contributed by atoms with van der Waals surface area (Å²) in [5.74, 6) is -11.1. The maximum Gasteiger partial charge on any atom is 0.508 e. The second-order valence-electron chi connectivity index (χ2n) is 34.0. The molecule has 0 aromatic carbocycles. The number of aliphatic carboxylic acids is 2. The molecule has 3 aliphatic heterocycles. The molecule has 0 aromatic heterocycles. The van der Waals surface area contributed by atoms with Gasteiger partial charge < -0.3 is 127 Å². The van der Waals surface area contributed by atoms with Gasteiger partial charge in [0, 0.05) is 132 Å². The van der Waals surface area contributed by atoms with Gasteiger partial charge in [-0.2, -0.15) is 0 Å². The first-order valence-corrected chi connectivity index (χ1v) is 44.4. The topological polar surface area (TPSA) is 629 Å². The van der Waals surface area contributed by atoms with Crippen molar-refractivity contribution in [1.82, 2.24) is 36.8 Å². The summed E-state index contributed by atoms with van der Waals surface area (Å²) in [6.45, 7) is 18.3. The fourth-order valence-electron chi connectivity index (χ4n) is 15.5.